The number of hydrogen-bond acceptors (Lipinski definition) is 1. The molecule has 0 atom stereocenters. The SMILES string of the molecule is CCCCCCCCCCCCCCCCC/C=C/O. The van der Waals surface area contributed by atoms with Crippen molar-refractivity contribution in [2.24, 2.45) is 0 Å². The van der Waals surface area contributed by atoms with E-state index in [1.54, 1.807) is 0 Å². The molecule has 1 nitrogen and oxygen atoms in total. The molecule has 0 bridgehead atoms. The van der Waals surface area contributed by atoms with Crippen molar-refractivity contribution in [3.8, 4) is 0 Å². The van der Waals surface area contributed by atoms with Gasteiger partial charge in [-0.05, 0) is 12.8 Å². The molecule has 0 aromatic rings. The molecule has 0 heterocycles. The fourth-order valence-corrected chi connectivity index (χ4v) is 2.71. The van der Waals surface area contributed by atoms with Gasteiger partial charge in [0.15, 0.2) is 0 Å². The third kappa shape index (κ3) is 17.5. The Balaban J connectivity index is 2.92. The third-order valence-electron chi connectivity index (χ3n) is 4.08. The molecule has 1 N–H and O–H groups in total. The summed E-state index contributed by atoms with van der Waals surface area (Å²) in [6.45, 7) is 2.28. The summed E-state index contributed by atoms with van der Waals surface area (Å²) in [5.74, 6) is 0. The lowest BCUT2D eigenvalue weighted by atomic mass is 10.0. The first-order chi connectivity index (χ1) is 9.91. The van der Waals surface area contributed by atoms with Gasteiger partial charge in [-0.3, -0.25) is 0 Å². The molecule has 0 aromatic carbocycles. The minimum Gasteiger partial charge on any atom is -0.516 e. The van der Waals surface area contributed by atoms with Crippen molar-refractivity contribution in [2.75, 3.05) is 0 Å². The van der Waals surface area contributed by atoms with E-state index in [1.165, 1.54) is 103 Å². The number of aliphatic hydroxyl groups is 1. The zero-order chi connectivity index (χ0) is 14.7. The van der Waals surface area contributed by atoms with Crippen LogP contribution >= 0.6 is 0 Å². The first-order valence-electron chi connectivity index (χ1n) is 9.21. The quantitative estimate of drug-likeness (QED) is 0.232. The van der Waals surface area contributed by atoms with E-state index in [1.807, 2.05) is 6.08 Å². The normalized spacial score (nSPS) is 11.4. The van der Waals surface area contributed by atoms with E-state index >= 15 is 0 Å². The van der Waals surface area contributed by atoms with Gasteiger partial charge in [0.05, 0.1) is 6.26 Å². The van der Waals surface area contributed by atoms with Gasteiger partial charge in [-0.25, -0.2) is 0 Å². The minimum absolute atomic E-state index is 1.04. The highest BCUT2D eigenvalue weighted by Gasteiger charge is 1.93. The summed E-state index contributed by atoms with van der Waals surface area (Å²) >= 11 is 0. The van der Waals surface area contributed by atoms with Crippen LogP contribution in [0.5, 0.6) is 0 Å². The molecule has 0 fully saturated rings. The van der Waals surface area contributed by atoms with Crippen molar-refractivity contribution < 1.29 is 5.11 Å². The zero-order valence-electron chi connectivity index (χ0n) is 13.9. The fraction of sp³-hybridized carbons (Fsp3) is 0.895. The van der Waals surface area contributed by atoms with Crippen LogP contribution in [-0.4, -0.2) is 5.11 Å². The Hall–Kier alpha value is -0.460. The summed E-state index contributed by atoms with van der Waals surface area (Å²) < 4.78 is 0. The van der Waals surface area contributed by atoms with Crippen molar-refractivity contribution in [3.63, 3.8) is 0 Å². The maximum atomic E-state index is 8.50. The van der Waals surface area contributed by atoms with E-state index in [9.17, 15) is 0 Å². The molecule has 0 aliphatic heterocycles. The van der Waals surface area contributed by atoms with E-state index in [0.29, 0.717) is 0 Å². The van der Waals surface area contributed by atoms with Crippen LogP contribution in [0.1, 0.15) is 110 Å². The van der Waals surface area contributed by atoms with Gasteiger partial charge in [0.25, 0.3) is 0 Å². The largest absolute Gasteiger partial charge is 0.516 e. The molecule has 120 valence electrons. The summed E-state index contributed by atoms with van der Waals surface area (Å²) in [5, 5.41) is 8.50. The van der Waals surface area contributed by atoms with Gasteiger partial charge in [-0.15, -0.1) is 0 Å². The molecular formula is C19H38O. The predicted molar refractivity (Wildman–Crippen MR) is 91.3 cm³/mol. The molecule has 0 rings (SSSR count). The van der Waals surface area contributed by atoms with E-state index in [-0.39, 0.29) is 0 Å². The van der Waals surface area contributed by atoms with Gasteiger partial charge in [0, 0.05) is 0 Å². The lowest BCUT2D eigenvalue weighted by Gasteiger charge is -2.03. The number of aliphatic hydroxyl groups excluding tert-OH is 1. The Bertz CT molecular complexity index is 186. The average Bonchev–Trinajstić information content (AvgIpc) is 2.47. The number of rotatable bonds is 16. The second kappa shape index (κ2) is 18.5. The Morgan fingerprint density at radius 1 is 0.550 bits per heavy atom. The van der Waals surface area contributed by atoms with Crippen LogP contribution in [0.3, 0.4) is 0 Å². The van der Waals surface area contributed by atoms with Crippen molar-refractivity contribution in [1.29, 1.82) is 0 Å². The highest BCUT2D eigenvalue weighted by molar-refractivity contribution is 4.70. The second-order valence-corrected chi connectivity index (χ2v) is 6.12. The number of allylic oxidation sites excluding steroid dienone is 1. The lowest BCUT2D eigenvalue weighted by Crippen LogP contribution is -1.83. The molecule has 0 saturated heterocycles. The smallest absolute Gasteiger partial charge is 0.0751 e. The van der Waals surface area contributed by atoms with Crippen LogP contribution in [-0.2, 0) is 0 Å². The predicted octanol–water partition coefficient (Wildman–Crippen LogP) is 7.32. The van der Waals surface area contributed by atoms with Crippen LogP contribution in [0, 0.1) is 0 Å². The summed E-state index contributed by atoms with van der Waals surface area (Å²) in [4.78, 5) is 0. The van der Waals surface area contributed by atoms with Crippen molar-refractivity contribution >= 4 is 0 Å². The fourth-order valence-electron chi connectivity index (χ4n) is 2.71. The minimum atomic E-state index is 1.04. The molecule has 0 radical (unpaired) electrons. The van der Waals surface area contributed by atoms with Crippen LogP contribution < -0.4 is 0 Å². The average molecular weight is 283 g/mol. The van der Waals surface area contributed by atoms with E-state index in [4.69, 9.17) is 5.11 Å². The highest BCUT2D eigenvalue weighted by atomic mass is 16.2. The van der Waals surface area contributed by atoms with E-state index < -0.39 is 0 Å². The second-order valence-electron chi connectivity index (χ2n) is 6.12. The highest BCUT2D eigenvalue weighted by Crippen LogP contribution is 2.13. The Kier molecular flexibility index (Phi) is 18.1. The molecule has 20 heavy (non-hydrogen) atoms. The maximum absolute atomic E-state index is 8.50. The molecule has 0 unspecified atom stereocenters. The van der Waals surface area contributed by atoms with Gasteiger partial charge in [0.2, 0.25) is 0 Å². The zero-order valence-corrected chi connectivity index (χ0v) is 13.9. The van der Waals surface area contributed by atoms with Crippen molar-refractivity contribution in [3.05, 3.63) is 12.3 Å². The molecule has 0 amide bonds. The monoisotopic (exact) mass is 282 g/mol. The van der Waals surface area contributed by atoms with Crippen molar-refractivity contribution in [2.45, 2.75) is 110 Å². The lowest BCUT2D eigenvalue weighted by molar-refractivity contribution is 0.469. The third-order valence-corrected chi connectivity index (χ3v) is 4.08. The summed E-state index contributed by atoms with van der Waals surface area (Å²) in [5.41, 5.74) is 0. The molecule has 0 aliphatic carbocycles. The van der Waals surface area contributed by atoms with Crippen LogP contribution in [0.15, 0.2) is 12.3 Å². The maximum Gasteiger partial charge on any atom is 0.0751 e. The van der Waals surface area contributed by atoms with Gasteiger partial charge < -0.3 is 5.11 Å². The summed E-state index contributed by atoms with van der Waals surface area (Å²) in [6.07, 6.45) is 25.2. The first kappa shape index (κ1) is 19.5. The molecule has 1 heteroatoms. The summed E-state index contributed by atoms with van der Waals surface area (Å²) in [6, 6.07) is 0. The molecule has 0 aliphatic rings. The molecule has 0 saturated carbocycles. The van der Waals surface area contributed by atoms with Crippen LogP contribution in [0.25, 0.3) is 0 Å². The molecule has 0 aromatic heterocycles. The van der Waals surface area contributed by atoms with Gasteiger partial charge in [-0.2, -0.15) is 0 Å². The summed E-state index contributed by atoms with van der Waals surface area (Å²) in [7, 11) is 0. The molecule has 0 spiro atoms. The number of unbranched alkanes of at least 4 members (excludes halogenated alkanes) is 15. The Morgan fingerprint density at radius 3 is 1.25 bits per heavy atom. The standard InChI is InChI=1S/C19H38O/c1-2-3-4-5-6-7-8-9-10-11-12-13-14-15-16-17-18-19-20/h18-20H,2-17H2,1H3/b19-18+. The van der Waals surface area contributed by atoms with Gasteiger partial charge >= 0.3 is 0 Å². The van der Waals surface area contributed by atoms with Gasteiger partial charge in [-0.1, -0.05) is 103 Å². The number of hydrogen-bond donors (Lipinski definition) is 1. The van der Waals surface area contributed by atoms with Crippen LogP contribution in [0.2, 0.25) is 0 Å². The van der Waals surface area contributed by atoms with E-state index in [0.717, 1.165) is 6.42 Å². The Morgan fingerprint density at radius 2 is 0.900 bits per heavy atom. The van der Waals surface area contributed by atoms with E-state index in [2.05, 4.69) is 6.92 Å². The molecular weight excluding hydrogens is 244 g/mol. The Labute approximate surface area is 127 Å². The first-order valence-corrected chi connectivity index (χ1v) is 9.21. The van der Waals surface area contributed by atoms with Crippen molar-refractivity contribution in [1.82, 2.24) is 0 Å². The van der Waals surface area contributed by atoms with Gasteiger partial charge in [0.1, 0.15) is 0 Å². The van der Waals surface area contributed by atoms with Crippen LogP contribution in [0.4, 0.5) is 0 Å². The topological polar surface area (TPSA) is 20.2 Å².